The van der Waals surface area contributed by atoms with Crippen LogP contribution in [0.25, 0.3) is 0 Å². The van der Waals surface area contributed by atoms with Gasteiger partial charge in [-0.15, -0.1) is 37.2 Å². The van der Waals surface area contributed by atoms with Crippen LogP contribution < -0.4 is 16.0 Å². The lowest BCUT2D eigenvalue weighted by molar-refractivity contribution is -0.139. The molecule has 2 aliphatic heterocycles. The van der Waals surface area contributed by atoms with E-state index in [4.69, 9.17) is 16.2 Å². The number of ketones is 1. The van der Waals surface area contributed by atoms with Gasteiger partial charge in [0.25, 0.3) is 0 Å². The molecule has 0 spiro atoms. The fourth-order valence-corrected chi connectivity index (χ4v) is 3.75. The second kappa shape index (κ2) is 12.9. The molecule has 9 nitrogen and oxygen atoms in total. The minimum atomic E-state index is -0.861. The number of carbonyl (C=O) groups excluding carboxylic acids is 1. The molecule has 3 rings (SSSR count). The van der Waals surface area contributed by atoms with Crippen LogP contribution in [0.5, 0.6) is 0 Å². The molecule has 2 fully saturated rings. The first-order valence-electron chi connectivity index (χ1n) is 9.20. The van der Waals surface area contributed by atoms with Gasteiger partial charge >= 0.3 is 5.97 Å². The number of aliphatic carboxylic acids is 1. The number of nitrogens with two attached hydrogens (primary N) is 1. The Hall–Kier alpha value is -1.65. The van der Waals surface area contributed by atoms with E-state index in [1.165, 1.54) is 0 Å². The minimum absolute atomic E-state index is 0. The average molecular weight is 484 g/mol. The van der Waals surface area contributed by atoms with Crippen molar-refractivity contribution >= 4 is 60.6 Å². The molecule has 12 heteroatoms. The highest BCUT2D eigenvalue weighted by Gasteiger charge is 2.33. The molecule has 1 atom stereocenters. The highest BCUT2D eigenvalue weighted by Crippen LogP contribution is 2.24. The van der Waals surface area contributed by atoms with Gasteiger partial charge in [0, 0.05) is 50.4 Å². The summed E-state index contributed by atoms with van der Waals surface area (Å²) >= 11 is 0. The van der Waals surface area contributed by atoms with E-state index in [9.17, 15) is 9.59 Å². The first-order chi connectivity index (χ1) is 12.9. The number of halogens is 3. The summed E-state index contributed by atoms with van der Waals surface area (Å²) in [5.41, 5.74) is 6.05. The molecule has 170 valence electrons. The molecule has 0 radical (unpaired) electrons. The van der Waals surface area contributed by atoms with E-state index >= 15 is 0 Å². The van der Waals surface area contributed by atoms with Crippen molar-refractivity contribution in [3.63, 3.8) is 0 Å². The molecule has 5 N–H and O–H groups in total. The number of piperazine rings is 1. The number of nitrogens with one attached hydrogen (secondary N) is 2. The molecular weight excluding hydrogens is 455 g/mol. The number of amidine groups is 1. The third-order valence-corrected chi connectivity index (χ3v) is 5.24. The number of Topliss-reactive ketones (excluding diaryl/α,β-unsaturated/α-hetero) is 1. The van der Waals surface area contributed by atoms with Crippen LogP contribution in [0.3, 0.4) is 0 Å². The number of piperidine rings is 1. The molecule has 0 amide bonds. The summed E-state index contributed by atoms with van der Waals surface area (Å²) in [6, 6.07) is 3.35. The Morgan fingerprint density at radius 2 is 1.87 bits per heavy atom. The molecule has 2 saturated heterocycles. The largest absolute Gasteiger partial charge is 0.480 e. The predicted octanol–water partition coefficient (Wildman–Crippen LogP) is 0.775. The molecule has 1 aromatic heterocycles. The van der Waals surface area contributed by atoms with Crippen molar-refractivity contribution in [1.29, 1.82) is 5.41 Å². The van der Waals surface area contributed by atoms with Gasteiger partial charge in [0.15, 0.2) is 5.78 Å². The van der Waals surface area contributed by atoms with E-state index in [2.05, 4.69) is 15.2 Å². The number of hydrogen-bond acceptors (Lipinski definition) is 7. The van der Waals surface area contributed by atoms with Crippen LogP contribution in [-0.2, 0) is 9.59 Å². The van der Waals surface area contributed by atoms with Gasteiger partial charge in [-0.25, -0.2) is 4.98 Å². The number of rotatable bonds is 6. The third-order valence-electron chi connectivity index (χ3n) is 5.24. The monoisotopic (exact) mass is 482 g/mol. The lowest BCUT2D eigenvalue weighted by Gasteiger charge is -2.36. The SMILES string of the molecule is Cl.Cl.Cl.N=C(N)c1ccc(N2CCC(C(=O)C3CN(CC(=O)O)CCN3)CC2)nc1. The molecule has 1 unspecified atom stereocenters. The van der Waals surface area contributed by atoms with E-state index in [-0.39, 0.29) is 67.3 Å². The van der Waals surface area contributed by atoms with Gasteiger partial charge in [-0.1, -0.05) is 0 Å². The summed E-state index contributed by atoms with van der Waals surface area (Å²) < 4.78 is 0. The minimum Gasteiger partial charge on any atom is -0.480 e. The van der Waals surface area contributed by atoms with Crippen molar-refractivity contribution in [2.75, 3.05) is 44.2 Å². The Morgan fingerprint density at radius 3 is 2.40 bits per heavy atom. The smallest absolute Gasteiger partial charge is 0.317 e. The fourth-order valence-electron chi connectivity index (χ4n) is 3.75. The first kappa shape index (κ1) is 28.4. The zero-order valence-corrected chi connectivity index (χ0v) is 18.9. The third kappa shape index (κ3) is 7.24. The Balaban J connectivity index is 0.00000280. The average Bonchev–Trinajstić information content (AvgIpc) is 2.67. The molecule has 30 heavy (non-hydrogen) atoms. The second-order valence-electron chi connectivity index (χ2n) is 7.12. The number of anilines is 1. The molecule has 3 heterocycles. The maximum Gasteiger partial charge on any atom is 0.317 e. The maximum atomic E-state index is 12.8. The van der Waals surface area contributed by atoms with Gasteiger partial charge in [-0.2, -0.15) is 0 Å². The zero-order chi connectivity index (χ0) is 19.4. The summed E-state index contributed by atoms with van der Waals surface area (Å²) in [6.45, 7) is 3.21. The van der Waals surface area contributed by atoms with Crippen LogP contribution in [0, 0.1) is 11.3 Å². The summed E-state index contributed by atoms with van der Waals surface area (Å²) in [5.74, 6) is 0.133. The van der Waals surface area contributed by atoms with Crippen molar-refractivity contribution in [3.05, 3.63) is 23.9 Å². The Morgan fingerprint density at radius 1 is 1.20 bits per heavy atom. The van der Waals surface area contributed by atoms with Crippen LogP contribution in [0.15, 0.2) is 18.3 Å². The summed E-state index contributed by atoms with van der Waals surface area (Å²) in [6.07, 6.45) is 3.11. The summed E-state index contributed by atoms with van der Waals surface area (Å²) in [4.78, 5) is 32.1. The van der Waals surface area contributed by atoms with Crippen molar-refractivity contribution < 1.29 is 14.7 Å². The van der Waals surface area contributed by atoms with Crippen LogP contribution in [0.2, 0.25) is 0 Å². The maximum absolute atomic E-state index is 12.8. The topological polar surface area (TPSA) is 136 Å². The highest BCUT2D eigenvalue weighted by molar-refractivity contribution is 5.94. The summed E-state index contributed by atoms with van der Waals surface area (Å²) in [5, 5.41) is 19.6. The molecule has 0 aliphatic carbocycles. The zero-order valence-electron chi connectivity index (χ0n) is 16.5. The Labute approximate surface area is 194 Å². The van der Waals surface area contributed by atoms with Crippen LogP contribution in [-0.4, -0.2) is 77.9 Å². The van der Waals surface area contributed by atoms with Crippen LogP contribution in [0.4, 0.5) is 5.82 Å². The summed E-state index contributed by atoms with van der Waals surface area (Å²) in [7, 11) is 0. The number of carbonyl (C=O) groups is 2. The van der Waals surface area contributed by atoms with Crippen molar-refractivity contribution in [2.24, 2.45) is 11.7 Å². The van der Waals surface area contributed by atoms with E-state index in [1.807, 2.05) is 11.0 Å². The number of pyridine rings is 1. The lowest BCUT2D eigenvalue weighted by Crippen LogP contribution is -2.57. The van der Waals surface area contributed by atoms with E-state index in [0.717, 1.165) is 31.7 Å². The van der Waals surface area contributed by atoms with E-state index in [1.54, 1.807) is 12.3 Å². The van der Waals surface area contributed by atoms with Crippen molar-refractivity contribution in [1.82, 2.24) is 15.2 Å². The second-order valence-corrected chi connectivity index (χ2v) is 7.12. The van der Waals surface area contributed by atoms with Crippen molar-refractivity contribution in [2.45, 2.75) is 18.9 Å². The number of nitrogens with zero attached hydrogens (tertiary/aromatic N) is 3. The van der Waals surface area contributed by atoms with E-state index < -0.39 is 5.97 Å². The van der Waals surface area contributed by atoms with Gasteiger partial charge in [-0.3, -0.25) is 19.9 Å². The first-order valence-corrected chi connectivity index (χ1v) is 9.20. The van der Waals surface area contributed by atoms with Gasteiger partial charge in [0.2, 0.25) is 0 Å². The quantitative estimate of drug-likeness (QED) is 0.344. The van der Waals surface area contributed by atoms with Gasteiger partial charge in [-0.05, 0) is 25.0 Å². The number of hydrogen-bond donors (Lipinski definition) is 4. The standard InChI is InChI=1S/C18H26N6O3.3ClH/c19-18(20)13-1-2-15(22-9-13)24-6-3-12(4-7-24)17(27)14-10-23(8-5-21-14)11-16(25)26;;;/h1-2,9,12,14,21H,3-8,10-11H2,(H3,19,20)(H,25,26);3*1H. The van der Waals surface area contributed by atoms with Gasteiger partial charge in [0.05, 0.1) is 12.6 Å². The van der Waals surface area contributed by atoms with Crippen molar-refractivity contribution in [3.8, 4) is 0 Å². The molecule has 0 saturated carbocycles. The van der Waals surface area contributed by atoms with Crippen LogP contribution >= 0.6 is 37.2 Å². The number of carboxylic acid groups (broad SMARTS) is 1. The Bertz CT molecular complexity index is 714. The number of aromatic nitrogens is 1. The predicted molar refractivity (Wildman–Crippen MR) is 123 cm³/mol. The lowest BCUT2D eigenvalue weighted by atomic mass is 9.88. The van der Waals surface area contributed by atoms with Gasteiger partial charge in [0.1, 0.15) is 11.7 Å². The number of nitrogen functional groups attached to an aromatic ring is 1. The molecule has 0 bridgehead atoms. The molecule has 0 aromatic carbocycles. The Kier molecular flexibility index (Phi) is 12.2. The van der Waals surface area contributed by atoms with E-state index in [0.29, 0.717) is 25.2 Å². The molecular formula is C18H29Cl3N6O3. The normalized spacial score (nSPS) is 19.6. The van der Waals surface area contributed by atoms with Crippen LogP contribution in [0.1, 0.15) is 18.4 Å². The number of carboxylic acids is 1. The van der Waals surface area contributed by atoms with Gasteiger partial charge < -0.3 is 21.1 Å². The molecule has 2 aliphatic rings. The molecule has 1 aromatic rings. The fraction of sp³-hybridized carbons (Fsp3) is 0.556. The highest BCUT2D eigenvalue weighted by atomic mass is 35.5.